The Morgan fingerprint density at radius 1 is 1.26 bits per heavy atom. The third kappa shape index (κ3) is 5.35. The van der Waals surface area contributed by atoms with Gasteiger partial charge in [-0.25, -0.2) is 4.79 Å². The number of furan rings is 1. The summed E-state index contributed by atoms with van der Waals surface area (Å²) in [4.78, 5) is 12.7. The van der Waals surface area contributed by atoms with Crippen molar-refractivity contribution in [1.82, 2.24) is 10.6 Å². The first-order chi connectivity index (χ1) is 13.2. The molecule has 3 aromatic rings. The lowest BCUT2D eigenvalue weighted by Crippen LogP contribution is -2.38. The number of nitrogens with one attached hydrogen (secondary N) is 2. The highest BCUT2D eigenvalue weighted by Gasteiger charge is 2.13. The minimum atomic E-state index is -0.758. The van der Waals surface area contributed by atoms with Crippen molar-refractivity contribution in [3.63, 3.8) is 0 Å². The molecule has 1 atom stereocenters. The standard InChI is InChI=1S/C20H22N2O4S/c1-25-16-6-4-14(5-7-16)8-9-21-20(24)22-12-17(23)19-11-15(13-27-19)18-3-2-10-26-18/h2-7,10-11,13,17,23H,8-9,12H2,1H3,(H2,21,22,24). The minimum Gasteiger partial charge on any atom is -0.497 e. The van der Waals surface area contributed by atoms with Crippen molar-refractivity contribution in [2.45, 2.75) is 12.5 Å². The van der Waals surface area contributed by atoms with Crippen LogP contribution in [0.1, 0.15) is 16.5 Å². The van der Waals surface area contributed by atoms with E-state index in [4.69, 9.17) is 9.15 Å². The van der Waals surface area contributed by atoms with E-state index in [1.54, 1.807) is 13.4 Å². The lowest BCUT2D eigenvalue weighted by atomic mass is 10.1. The normalized spacial score (nSPS) is 11.8. The van der Waals surface area contributed by atoms with E-state index in [1.807, 2.05) is 47.8 Å². The summed E-state index contributed by atoms with van der Waals surface area (Å²) in [5, 5.41) is 17.7. The van der Waals surface area contributed by atoms with Gasteiger partial charge in [0, 0.05) is 22.4 Å². The van der Waals surface area contributed by atoms with Gasteiger partial charge in [0.2, 0.25) is 0 Å². The highest BCUT2D eigenvalue weighted by Crippen LogP contribution is 2.29. The van der Waals surface area contributed by atoms with E-state index in [-0.39, 0.29) is 12.6 Å². The Bertz CT molecular complexity index is 843. The first kappa shape index (κ1) is 19.0. The SMILES string of the molecule is COc1ccc(CCNC(=O)NCC(O)c2cc(-c3ccco3)cs2)cc1. The number of hydrogen-bond donors (Lipinski definition) is 3. The molecule has 1 unspecified atom stereocenters. The molecule has 0 aliphatic carbocycles. The van der Waals surface area contributed by atoms with Gasteiger partial charge < -0.3 is 24.9 Å². The van der Waals surface area contributed by atoms with Gasteiger partial charge in [0.25, 0.3) is 0 Å². The molecule has 0 fully saturated rings. The van der Waals surface area contributed by atoms with Crippen LogP contribution in [-0.2, 0) is 6.42 Å². The van der Waals surface area contributed by atoms with Gasteiger partial charge in [-0.3, -0.25) is 0 Å². The largest absolute Gasteiger partial charge is 0.497 e. The molecule has 0 radical (unpaired) electrons. The maximum absolute atomic E-state index is 11.9. The zero-order chi connectivity index (χ0) is 19.1. The van der Waals surface area contributed by atoms with Crippen LogP contribution in [-0.4, -0.2) is 31.3 Å². The molecule has 3 rings (SSSR count). The molecular formula is C20H22N2O4S. The number of hydrogen-bond acceptors (Lipinski definition) is 5. The van der Waals surface area contributed by atoms with Crippen molar-refractivity contribution in [2.24, 2.45) is 0 Å². The van der Waals surface area contributed by atoms with Crippen LogP contribution in [0.15, 0.2) is 58.5 Å². The van der Waals surface area contributed by atoms with Crippen LogP contribution < -0.4 is 15.4 Å². The summed E-state index contributed by atoms with van der Waals surface area (Å²) in [7, 11) is 1.63. The fourth-order valence-electron chi connectivity index (χ4n) is 2.56. The van der Waals surface area contributed by atoms with E-state index >= 15 is 0 Å². The van der Waals surface area contributed by atoms with Crippen molar-refractivity contribution in [3.8, 4) is 17.1 Å². The Labute approximate surface area is 161 Å². The molecule has 0 saturated heterocycles. The lowest BCUT2D eigenvalue weighted by Gasteiger charge is -2.11. The predicted molar refractivity (Wildman–Crippen MR) is 105 cm³/mol. The van der Waals surface area contributed by atoms with Crippen LogP contribution >= 0.6 is 11.3 Å². The van der Waals surface area contributed by atoms with E-state index in [0.717, 1.165) is 33.9 Å². The van der Waals surface area contributed by atoms with E-state index in [0.29, 0.717) is 6.54 Å². The van der Waals surface area contributed by atoms with Crippen LogP contribution in [0, 0.1) is 0 Å². The number of aliphatic hydroxyl groups excluding tert-OH is 1. The number of thiophene rings is 1. The van der Waals surface area contributed by atoms with E-state index in [1.165, 1.54) is 11.3 Å². The maximum atomic E-state index is 11.9. The molecule has 0 bridgehead atoms. The highest BCUT2D eigenvalue weighted by atomic mass is 32.1. The molecule has 0 saturated carbocycles. The summed E-state index contributed by atoms with van der Waals surface area (Å²) in [5.74, 6) is 1.57. The second kappa shape index (κ2) is 9.25. The summed E-state index contributed by atoms with van der Waals surface area (Å²) in [6.07, 6.45) is 1.57. The number of carbonyl (C=O) groups excluding carboxylic acids is 1. The quantitative estimate of drug-likeness (QED) is 0.552. The summed E-state index contributed by atoms with van der Waals surface area (Å²) >= 11 is 1.43. The van der Waals surface area contributed by atoms with E-state index < -0.39 is 6.10 Å². The maximum Gasteiger partial charge on any atom is 0.314 e. The zero-order valence-electron chi connectivity index (χ0n) is 15.0. The zero-order valence-corrected chi connectivity index (χ0v) is 15.8. The number of rotatable bonds is 8. The Hall–Kier alpha value is -2.77. The average Bonchev–Trinajstić information content (AvgIpc) is 3.38. The topological polar surface area (TPSA) is 83.7 Å². The molecule has 142 valence electrons. The third-order valence-electron chi connectivity index (χ3n) is 4.07. The number of methoxy groups -OCH3 is 1. The van der Waals surface area contributed by atoms with Crippen molar-refractivity contribution in [3.05, 3.63) is 64.5 Å². The van der Waals surface area contributed by atoms with Crippen molar-refractivity contribution in [2.75, 3.05) is 20.2 Å². The lowest BCUT2D eigenvalue weighted by molar-refractivity contribution is 0.176. The number of amides is 2. The molecule has 3 N–H and O–H groups in total. The van der Waals surface area contributed by atoms with Gasteiger partial charge in [0.15, 0.2) is 0 Å². The second-order valence-corrected chi connectivity index (χ2v) is 6.91. The first-order valence-electron chi connectivity index (χ1n) is 8.60. The van der Waals surface area contributed by atoms with E-state index in [9.17, 15) is 9.90 Å². The minimum absolute atomic E-state index is 0.145. The molecule has 2 aromatic heterocycles. The molecule has 0 aliphatic heterocycles. The van der Waals surface area contributed by atoms with Gasteiger partial charge in [0.1, 0.15) is 17.6 Å². The second-order valence-electron chi connectivity index (χ2n) is 5.97. The number of benzene rings is 1. The van der Waals surface area contributed by atoms with Crippen LogP contribution in [0.25, 0.3) is 11.3 Å². The van der Waals surface area contributed by atoms with Gasteiger partial charge in [-0.15, -0.1) is 11.3 Å². The van der Waals surface area contributed by atoms with Gasteiger partial charge in [-0.05, 0) is 42.3 Å². The average molecular weight is 386 g/mol. The highest BCUT2D eigenvalue weighted by molar-refractivity contribution is 7.10. The molecule has 0 spiro atoms. The van der Waals surface area contributed by atoms with Gasteiger partial charge in [0.05, 0.1) is 19.9 Å². The number of carbonyl (C=O) groups is 1. The molecule has 1 aromatic carbocycles. The van der Waals surface area contributed by atoms with Gasteiger partial charge in [-0.1, -0.05) is 12.1 Å². The van der Waals surface area contributed by atoms with Gasteiger partial charge >= 0.3 is 6.03 Å². The van der Waals surface area contributed by atoms with Crippen molar-refractivity contribution in [1.29, 1.82) is 0 Å². The third-order valence-corrected chi connectivity index (χ3v) is 5.10. The molecule has 2 amide bonds. The fraction of sp³-hybridized carbons (Fsp3) is 0.250. The summed E-state index contributed by atoms with van der Waals surface area (Å²) in [6, 6.07) is 13.0. The summed E-state index contributed by atoms with van der Waals surface area (Å²) in [5.41, 5.74) is 2.03. The van der Waals surface area contributed by atoms with Crippen LogP contribution in [0.4, 0.5) is 4.79 Å². The summed E-state index contributed by atoms with van der Waals surface area (Å²) < 4.78 is 10.5. The Kier molecular flexibility index (Phi) is 6.51. The Balaban J connectivity index is 1.39. The van der Waals surface area contributed by atoms with Crippen molar-refractivity contribution >= 4 is 17.4 Å². The molecule has 0 aliphatic rings. The number of ether oxygens (including phenoxy) is 1. The first-order valence-corrected chi connectivity index (χ1v) is 9.48. The van der Waals surface area contributed by atoms with Crippen LogP contribution in [0.2, 0.25) is 0 Å². The molecular weight excluding hydrogens is 364 g/mol. The van der Waals surface area contributed by atoms with E-state index in [2.05, 4.69) is 10.6 Å². The summed E-state index contributed by atoms with van der Waals surface area (Å²) in [6.45, 7) is 0.655. The Morgan fingerprint density at radius 3 is 2.78 bits per heavy atom. The smallest absolute Gasteiger partial charge is 0.314 e. The fourth-order valence-corrected chi connectivity index (χ4v) is 3.45. The number of urea groups is 1. The monoisotopic (exact) mass is 386 g/mol. The molecule has 2 heterocycles. The molecule has 6 nitrogen and oxygen atoms in total. The molecule has 27 heavy (non-hydrogen) atoms. The molecule has 7 heteroatoms. The van der Waals surface area contributed by atoms with Crippen molar-refractivity contribution < 1.29 is 19.1 Å². The Morgan fingerprint density at radius 2 is 2.07 bits per heavy atom. The predicted octanol–water partition coefficient (Wildman–Crippen LogP) is 3.59. The number of aliphatic hydroxyl groups is 1. The van der Waals surface area contributed by atoms with Crippen LogP contribution in [0.5, 0.6) is 5.75 Å². The van der Waals surface area contributed by atoms with Crippen LogP contribution in [0.3, 0.4) is 0 Å². The van der Waals surface area contributed by atoms with Gasteiger partial charge in [-0.2, -0.15) is 0 Å².